The van der Waals surface area contributed by atoms with Crippen molar-refractivity contribution in [2.45, 2.75) is 19.8 Å². The molecule has 7 heteroatoms. The van der Waals surface area contributed by atoms with E-state index >= 15 is 0 Å². The van der Waals surface area contributed by atoms with Crippen LogP contribution < -0.4 is 5.32 Å². The first-order chi connectivity index (χ1) is 7.13. The molecule has 1 aromatic rings. The number of hydrogen-bond donors (Lipinski definition) is 1. The number of nitrogens with zero attached hydrogens (tertiary/aromatic N) is 4. The molecule has 0 saturated heterocycles. The van der Waals surface area contributed by atoms with Crippen molar-refractivity contribution in [1.29, 1.82) is 0 Å². The molecular formula is C8H11N5O2. The minimum atomic E-state index is -0.431. The lowest BCUT2D eigenvalue weighted by atomic mass is 10.1. The van der Waals surface area contributed by atoms with Gasteiger partial charge in [0.1, 0.15) is 6.54 Å². The highest BCUT2D eigenvalue weighted by Gasteiger charge is 2.09. The molecule has 0 fully saturated rings. The number of amides is 1. The smallest absolute Gasteiger partial charge is 0.232 e. The number of carbonyl (C=O) groups excluding carboxylic acids is 1. The van der Waals surface area contributed by atoms with Gasteiger partial charge >= 0.3 is 0 Å². The third-order valence-electron chi connectivity index (χ3n) is 1.66. The van der Waals surface area contributed by atoms with E-state index in [1.165, 1.54) is 0 Å². The maximum absolute atomic E-state index is 11.1. The van der Waals surface area contributed by atoms with Crippen molar-refractivity contribution in [3.63, 3.8) is 0 Å². The molecule has 1 heterocycles. The Morgan fingerprint density at radius 3 is 3.07 bits per heavy atom. The number of azide groups is 1. The average molecular weight is 209 g/mol. The van der Waals surface area contributed by atoms with Gasteiger partial charge in [0.2, 0.25) is 11.8 Å². The second-order valence-corrected chi connectivity index (χ2v) is 3.21. The van der Waals surface area contributed by atoms with Crippen LogP contribution in [0.4, 0.5) is 5.88 Å². The quantitative estimate of drug-likeness (QED) is 0.466. The van der Waals surface area contributed by atoms with Crippen LogP contribution in [0.15, 0.2) is 15.7 Å². The number of rotatable bonds is 4. The van der Waals surface area contributed by atoms with E-state index in [4.69, 9.17) is 10.1 Å². The van der Waals surface area contributed by atoms with Gasteiger partial charge in [-0.3, -0.25) is 10.1 Å². The van der Waals surface area contributed by atoms with Crippen LogP contribution in [0, 0.1) is 0 Å². The summed E-state index contributed by atoms with van der Waals surface area (Å²) in [6.07, 6.45) is 0. The topological polar surface area (TPSA) is 104 Å². The van der Waals surface area contributed by atoms with Crippen molar-refractivity contribution in [3.05, 3.63) is 22.2 Å². The fraction of sp³-hybridized carbons (Fsp3) is 0.500. The minimum absolute atomic E-state index is 0.233. The zero-order valence-electron chi connectivity index (χ0n) is 8.47. The monoisotopic (exact) mass is 209 g/mol. The number of carbonyl (C=O) groups is 1. The van der Waals surface area contributed by atoms with Crippen LogP contribution >= 0.6 is 0 Å². The number of nitrogens with one attached hydrogen (secondary N) is 1. The van der Waals surface area contributed by atoms with Crippen LogP contribution in [0.3, 0.4) is 0 Å². The summed E-state index contributed by atoms with van der Waals surface area (Å²) in [4.78, 5) is 13.6. The lowest BCUT2D eigenvalue weighted by Gasteiger charge is -1.95. The Kier molecular flexibility index (Phi) is 3.70. The van der Waals surface area contributed by atoms with E-state index in [0.717, 1.165) is 5.69 Å². The van der Waals surface area contributed by atoms with Gasteiger partial charge in [-0.15, -0.1) is 0 Å². The predicted octanol–water partition coefficient (Wildman–Crippen LogP) is 2.05. The Labute approximate surface area is 86.1 Å². The summed E-state index contributed by atoms with van der Waals surface area (Å²) in [5.74, 6) is 0.0626. The van der Waals surface area contributed by atoms with Crippen LogP contribution in [-0.4, -0.2) is 17.6 Å². The van der Waals surface area contributed by atoms with Gasteiger partial charge in [0, 0.05) is 11.0 Å². The summed E-state index contributed by atoms with van der Waals surface area (Å²) in [7, 11) is 0. The van der Waals surface area contributed by atoms with Crippen LogP contribution in [0.1, 0.15) is 25.5 Å². The molecule has 1 amide bonds. The van der Waals surface area contributed by atoms with Crippen molar-refractivity contribution in [2.24, 2.45) is 5.11 Å². The molecule has 0 radical (unpaired) electrons. The molecule has 0 aliphatic heterocycles. The molecular weight excluding hydrogens is 198 g/mol. The third kappa shape index (κ3) is 3.32. The molecule has 0 unspecified atom stereocenters. The summed E-state index contributed by atoms with van der Waals surface area (Å²) < 4.78 is 4.86. The van der Waals surface area contributed by atoms with Crippen LogP contribution in [0.5, 0.6) is 0 Å². The Morgan fingerprint density at radius 2 is 2.53 bits per heavy atom. The predicted molar refractivity (Wildman–Crippen MR) is 53.2 cm³/mol. The lowest BCUT2D eigenvalue weighted by Crippen LogP contribution is -2.13. The van der Waals surface area contributed by atoms with Gasteiger partial charge in [-0.2, -0.15) is 0 Å². The highest BCUT2D eigenvalue weighted by atomic mass is 16.5. The summed E-state index contributed by atoms with van der Waals surface area (Å²) in [5, 5.41) is 9.29. The van der Waals surface area contributed by atoms with Crippen molar-refractivity contribution in [1.82, 2.24) is 5.16 Å². The van der Waals surface area contributed by atoms with Crippen molar-refractivity contribution < 1.29 is 9.32 Å². The summed E-state index contributed by atoms with van der Waals surface area (Å²) in [6, 6.07) is 1.64. The van der Waals surface area contributed by atoms with Crippen LogP contribution in [0.2, 0.25) is 0 Å². The Bertz CT molecular complexity index is 391. The van der Waals surface area contributed by atoms with Gasteiger partial charge in [0.15, 0.2) is 0 Å². The zero-order chi connectivity index (χ0) is 11.3. The minimum Gasteiger partial charge on any atom is -0.338 e. The van der Waals surface area contributed by atoms with E-state index in [1.807, 2.05) is 13.8 Å². The number of anilines is 1. The number of aromatic nitrogens is 1. The molecule has 0 aromatic carbocycles. The highest BCUT2D eigenvalue weighted by Crippen LogP contribution is 2.17. The normalized spacial score (nSPS) is 9.80. The van der Waals surface area contributed by atoms with Gasteiger partial charge in [0.25, 0.3) is 0 Å². The molecule has 15 heavy (non-hydrogen) atoms. The van der Waals surface area contributed by atoms with E-state index in [-0.39, 0.29) is 18.3 Å². The summed E-state index contributed by atoms with van der Waals surface area (Å²) >= 11 is 0. The Hall–Kier alpha value is -2.01. The second kappa shape index (κ2) is 5.02. The van der Waals surface area contributed by atoms with Gasteiger partial charge < -0.3 is 4.52 Å². The molecule has 0 aliphatic rings. The standard InChI is InChI=1S/C8H11N5O2/c1-5(2)6-3-8(15-12-6)11-7(14)4-10-13-9/h3,5H,4H2,1-2H3,(H,11,14). The molecule has 0 bridgehead atoms. The number of hydrogen-bond acceptors (Lipinski definition) is 4. The SMILES string of the molecule is CC(C)c1cc(NC(=O)CN=[N+]=[N-])on1. The Morgan fingerprint density at radius 1 is 1.80 bits per heavy atom. The van der Waals surface area contributed by atoms with Gasteiger partial charge in [-0.1, -0.05) is 24.1 Å². The van der Waals surface area contributed by atoms with E-state index in [2.05, 4.69) is 20.5 Å². The lowest BCUT2D eigenvalue weighted by molar-refractivity contribution is -0.115. The molecule has 1 aromatic heterocycles. The van der Waals surface area contributed by atoms with Gasteiger partial charge in [-0.05, 0) is 11.4 Å². The van der Waals surface area contributed by atoms with Gasteiger partial charge in [-0.25, -0.2) is 0 Å². The summed E-state index contributed by atoms with van der Waals surface area (Å²) in [6.45, 7) is 3.67. The zero-order valence-corrected chi connectivity index (χ0v) is 8.47. The molecule has 0 aliphatic carbocycles. The molecule has 1 N–H and O–H groups in total. The van der Waals surface area contributed by atoms with E-state index < -0.39 is 5.91 Å². The molecule has 0 spiro atoms. The largest absolute Gasteiger partial charge is 0.338 e. The van der Waals surface area contributed by atoms with Crippen molar-refractivity contribution >= 4 is 11.8 Å². The van der Waals surface area contributed by atoms with Crippen molar-refractivity contribution in [2.75, 3.05) is 11.9 Å². The van der Waals surface area contributed by atoms with Crippen LogP contribution in [0.25, 0.3) is 10.4 Å². The fourth-order valence-electron chi connectivity index (χ4n) is 0.893. The van der Waals surface area contributed by atoms with Gasteiger partial charge in [0.05, 0.1) is 5.69 Å². The van der Waals surface area contributed by atoms with Crippen LogP contribution in [-0.2, 0) is 4.79 Å². The first-order valence-electron chi connectivity index (χ1n) is 4.40. The molecule has 1 rings (SSSR count). The fourth-order valence-corrected chi connectivity index (χ4v) is 0.893. The molecule has 0 saturated carbocycles. The molecule has 0 atom stereocenters. The first kappa shape index (κ1) is 11.1. The third-order valence-corrected chi connectivity index (χ3v) is 1.66. The highest BCUT2D eigenvalue weighted by molar-refractivity contribution is 5.91. The van der Waals surface area contributed by atoms with E-state index in [1.54, 1.807) is 6.07 Å². The maximum Gasteiger partial charge on any atom is 0.232 e. The first-order valence-corrected chi connectivity index (χ1v) is 4.40. The van der Waals surface area contributed by atoms with Crippen molar-refractivity contribution in [3.8, 4) is 0 Å². The molecule has 7 nitrogen and oxygen atoms in total. The van der Waals surface area contributed by atoms with E-state index in [9.17, 15) is 4.79 Å². The average Bonchev–Trinajstić information content (AvgIpc) is 2.63. The summed E-state index contributed by atoms with van der Waals surface area (Å²) in [5.41, 5.74) is 8.76. The van der Waals surface area contributed by atoms with E-state index in [0.29, 0.717) is 0 Å². The Balaban J connectivity index is 2.57. The second-order valence-electron chi connectivity index (χ2n) is 3.21. The maximum atomic E-state index is 11.1. The molecule has 80 valence electrons.